The lowest BCUT2D eigenvalue weighted by Gasteiger charge is -2.10. The molecule has 4 rings (SSSR count). The first-order valence-electron chi connectivity index (χ1n) is 10.1. The van der Waals surface area contributed by atoms with E-state index < -0.39 is 17.6 Å². The van der Waals surface area contributed by atoms with Crippen LogP contribution in [0.5, 0.6) is 5.75 Å². The largest absolute Gasteiger partial charge is 0.471 e. The fraction of sp³-hybridized carbons (Fsp3) is 0.174. The summed E-state index contributed by atoms with van der Waals surface area (Å²) in [7, 11) is 0. The van der Waals surface area contributed by atoms with Gasteiger partial charge in [-0.25, -0.2) is 4.68 Å². The fourth-order valence-corrected chi connectivity index (χ4v) is 3.49. The zero-order valence-electron chi connectivity index (χ0n) is 17.9. The first-order valence-corrected chi connectivity index (χ1v) is 10.9. The lowest BCUT2D eigenvalue weighted by atomic mass is 10.1. The molecule has 0 bridgehead atoms. The Kier molecular flexibility index (Phi) is 6.73. The summed E-state index contributed by atoms with van der Waals surface area (Å²) in [4.78, 5) is 12.6. The van der Waals surface area contributed by atoms with Crippen molar-refractivity contribution in [3.05, 3.63) is 93.8 Å². The number of alkyl halides is 3. The fourth-order valence-electron chi connectivity index (χ4n) is 3.07. The second-order valence-electron chi connectivity index (χ2n) is 7.50. The molecular formula is C23H19BrF3N5O2. The third-order valence-electron chi connectivity index (χ3n) is 4.81. The van der Waals surface area contributed by atoms with Gasteiger partial charge in [-0.3, -0.25) is 9.48 Å². The van der Waals surface area contributed by atoms with E-state index in [2.05, 4.69) is 31.4 Å². The van der Waals surface area contributed by atoms with Gasteiger partial charge in [0.1, 0.15) is 5.75 Å². The van der Waals surface area contributed by atoms with Crippen molar-refractivity contribution in [2.45, 2.75) is 26.4 Å². The first kappa shape index (κ1) is 23.6. The minimum atomic E-state index is -4.46. The van der Waals surface area contributed by atoms with Crippen LogP contribution < -0.4 is 10.1 Å². The average Bonchev–Trinajstić information content (AvgIpc) is 3.40. The van der Waals surface area contributed by atoms with Gasteiger partial charge in [0.15, 0.2) is 18.2 Å². The van der Waals surface area contributed by atoms with Crippen LogP contribution in [-0.2, 0) is 19.5 Å². The van der Waals surface area contributed by atoms with E-state index in [1.165, 1.54) is 29.1 Å². The van der Waals surface area contributed by atoms with Crippen LogP contribution in [0.2, 0.25) is 0 Å². The molecule has 2 aromatic carbocycles. The van der Waals surface area contributed by atoms with Crippen molar-refractivity contribution < 1.29 is 22.7 Å². The Bertz CT molecular complexity index is 1300. The van der Waals surface area contributed by atoms with E-state index in [0.717, 1.165) is 23.3 Å². The molecule has 0 aliphatic rings. The number of carbonyl (C=O) groups excluding carboxylic acids is 1. The number of aromatic nitrogens is 4. The van der Waals surface area contributed by atoms with Crippen LogP contribution in [0.4, 0.5) is 19.0 Å². The number of amides is 1. The summed E-state index contributed by atoms with van der Waals surface area (Å²) in [6.45, 7) is 2.39. The Morgan fingerprint density at radius 2 is 1.85 bits per heavy atom. The lowest BCUT2D eigenvalue weighted by molar-refractivity contribution is -0.137. The van der Waals surface area contributed by atoms with Crippen molar-refractivity contribution in [1.29, 1.82) is 0 Å². The number of anilines is 1. The Morgan fingerprint density at radius 1 is 1.09 bits per heavy atom. The van der Waals surface area contributed by atoms with E-state index in [9.17, 15) is 18.0 Å². The molecule has 34 heavy (non-hydrogen) atoms. The van der Waals surface area contributed by atoms with E-state index in [-0.39, 0.29) is 18.2 Å². The predicted molar refractivity (Wildman–Crippen MR) is 122 cm³/mol. The van der Waals surface area contributed by atoms with Gasteiger partial charge in [-0.05, 0) is 52.7 Å². The highest BCUT2D eigenvalue weighted by molar-refractivity contribution is 9.10. The predicted octanol–water partition coefficient (Wildman–Crippen LogP) is 5.51. The van der Waals surface area contributed by atoms with Gasteiger partial charge in [0.05, 0.1) is 16.6 Å². The maximum absolute atomic E-state index is 12.8. The number of aryl methyl sites for hydroxylation is 1. The zero-order chi connectivity index (χ0) is 24.3. The van der Waals surface area contributed by atoms with Crippen LogP contribution in [0.1, 0.15) is 27.2 Å². The second kappa shape index (κ2) is 9.72. The number of rotatable bonds is 7. The van der Waals surface area contributed by atoms with Crippen LogP contribution in [-0.4, -0.2) is 25.5 Å². The summed E-state index contributed by atoms with van der Waals surface area (Å²) in [5, 5.41) is 11.2. The minimum Gasteiger partial charge on any atom is -0.471 e. The van der Waals surface area contributed by atoms with E-state index in [1.807, 2.05) is 31.2 Å². The van der Waals surface area contributed by atoms with Crippen molar-refractivity contribution in [3.8, 4) is 5.75 Å². The van der Waals surface area contributed by atoms with E-state index in [4.69, 9.17) is 4.74 Å². The second-order valence-corrected chi connectivity index (χ2v) is 8.36. The van der Waals surface area contributed by atoms with E-state index >= 15 is 0 Å². The molecule has 0 atom stereocenters. The molecule has 0 saturated heterocycles. The summed E-state index contributed by atoms with van der Waals surface area (Å²) >= 11 is 3.40. The lowest BCUT2D eigenvalue weighted by Crippen LogP contribution is -2.15. The van der Waals surface area contributed by atoms with Crippen LogP contribution in [0, 0.1) is 6.92 Å². The normalized spacial score (nSPS) is 11.4. The summed E-state index contributed by atoms with van der Waals surface area (Å²) in [5.41, 5.74) is 1.53. The third-order valence-corrected chi connectivity index (χ3v) is 5.39. The van der Waals surface area contributed by atoms with Gasteiger partial charge in [0.25, 0.3) is 5.91 Å². The van der Waals surface area contributed by atoms with Gasteiger partial charge in [0, 0.05) is 12.4 Å². The summed E-state index contributed by atoms with van der Waals surface area (Å²) in [6.07, 6.45) is -1.21. The molecule has 7 nitrogen and oxygen atoms in total. The number of ether oxygens (including phenoxy) is 1. The summed E-state index contributed by atoms with van der Waals surface area (Å²) in [6, 6.07) is 14.1. The number of hydrogen-bond donors (Lipinski definition) is 1. The number of carbonyl (C=O) groups is 1. The molecule has 0 saturated carbocycles. The third kappa shape index (κ3) is 5.84. The smallest absolute Gasteiger partial charge is 0.416 e. The van der Waals surface area contributed by atoms with Crippen molar-refractivity contribution in [1.82, 2.24) is 19.6 Å². The molecule has 2 aromatic heterocycles. The Morgan fingerprint density at radius 3 is 2.59 bits per heavy atom. The van der Waals surface area contributed by atoms with Crippen molar-refractivity contribution in [2.75, 3.05) is 5.32 Å². The quantitative estimate of drug-likeness (QED) is 0.340. The first-order chi connectivity index (χ1) is 16.2. The van der Waals surface area contributed by atoms with Gasteiger partial charge in [0.2, 0.25) is 0 Å². The molecule has 11 heteroatoms. The zero-order valence-corrected chi connectivity index (χ0v) is 19.5. The molecule has 1 amide bonds. The van der Waals surface area contributed by atoms with E-state index in [1.54, 1.807) is 10.9 Å². The van der Waals surface area contributed by atoms with Gasteiger partial charge >= 0.3 is 6.18 Å². The Labute approximate surface area is 201 Å². The monoisotopic (exact) mass is 533 g/mol. The molecule has 1 N–H and O–H groups in total. The SMILES string of the molecule is Cc1ccc(Cn2cc(Br)c(NC(=O)c3ccn(COc4cccc(C(F)(F)F)c4)n3)n2)cc1. The standard InChI is InChI=1S/C23H19BrF3N5O2/c1-15-5-7-16(8-6-15)12-32-13-19(24)21(30-32)28-22(33)20-9-10-31(29-20)14-34-18-4-2-3-17(11-18)23(25,26)27/h2-11,13H,12,14H2,1H3,(H,28,30,33). The topological polar surface area (TPSA) is 74.0 Å². The highest BCUT2D eigenvalue weighted by atomic mass is 79.9. The molecule has 0 aliphatic heterocycles. The molecule has 0 unspecified atom stereocenters. The van der Waals surface area contributed by atoms with Crippen molar-refractivity contribution >= 4 is 27.7 Å². The van der Waals surface area contributed by atoms with Crippen LogP contribution in [0.15, 0.2) is 71.5 Å². The molecule has 0 radical (unpaired) electrons. The Hall–Kier alpha value is -3.60. The highest BCUT2D eigenvalue weighted by Crippen LogP contribution is 2.31. The van der Waals surface area contributed by atoms with Gasteiger partial charge in [-0.1, -0.05) is 35.9 Å². The van der Waals surface area contributed by atoms with Gasteiger partial charge in [-0.2, -0.15) is 23.4 Å². The summed E-state index contributed by atoms with van der Waals surface area (Å²) in [5.74, 6) is -0.106. The number of halogens is 4. The Balaban J connectivity index is 1.36. The van der Waals surface area contributed by atoms with Crippen molar-refractivity contribution in [2.24, 2.45) is 0 Å². The van der Waals surface area contributed by atoms with Crippen LogP contribution in [0.25, 0.3) is 0 Å². The number of benzene rings is 2. The molecule has 0 fully saturated rings. The van der Waals surface area contributed by atoms with Crippen LogP contribution >= 0.6 is 15.9 Å². The number of hydrogen-bond acceptors (Lipinski definition) is 4. The van der Waals surface area contributed by atoms with Crippen molar-refractivity contribution in [3.63, 3.8) is 0 Å². The molecule has 0 spiro atoms. The highest BCUT2D eigenvalue weighted by Gasteiger charge is 2.30. The molecule has 176 valence electrons. The van der Waals surface area contributed by atoms with Crippen LogP contribution in [0.3, 0.4) is 0 Å². The number of nitrogens with zero attached hydrogens (tertiary/aromatic N) is 4. The van der Waals surface area contributed by atoms with E-state index in [0.29, 0.717) is 16.8 Å². The minimum absolute atomic E-state index is 0.0411. The maximum Gasteiger partial charge on any atom is 0.416 e. The maximum atomic E-state index is 12.8. The van der Waals surface area contributed by atoms with Gasteiger partial charge in [-0.15, -0.1) is 0 Å². The molecule has 2 heterocycles. The number of nitrogens with one attached hydrogen (secondary N) is 1. The molecule has 4 aromatic rings. The van der Waals surface area contributed by atoms with Gasteiger partial charge < -0.3 is 10.1 Å². The summed E-state index contributed by atoms with van der Waals surface area (Å²) < 4.78 is 47.5. The molecular weight excluding hydrogens is 515 g/mol. The average molecular weight is 534 g/mol. The molecule has 0 aliphatic carbocycles.